The third kappa shape index (κ3) is 4.24. The molecule has 1 atom stereocenters. The number of rotatable bonds is 7. The highest BCUT2D eigenvalue weighted by molar-refractivity contribution is 7.71. The van der Waals surface area contributed by atoms with Crippen LogP contribution in [-0.4, -0.2) is 50.8 Å². The lowest BCUT2D eigenvalue weighted by Crippen LogP contribution is -2.23. The Morgan fingerprint density at radius 3 is 2.42 bits per heavy atom. The summed E-state index contributed by atoms with van der Waals surface area (Å²) in [7, 11) is -10.7. The minimum Gasteiger partial charge on any atom is -0.324 e. The van der Waals surface area contributed by atoms with E-state index in [2.05, 4.69) is 15.5 Å². The van der Waals surface area contributed by atoms with Crippen molar-refractivity contribution >= 4 is 48.9 Å². The number of tetrazole rings is 1. The zero-order chi connectivity index (χ0) is 22.4. The average molecular weight is 482 g/mol. The number of carbonyl (C=O) groups excluding carboxylic acids is 1. The number of hydrogen-bond donors (Lipinski definition) is 4. The maximum Gasteiger partial charge on any atom is 0.341 e. The number of ketones is 1. The van der Waals surface area contributed by atoms with Gasteiger partial charge in [0.05, 0.1) is 10.4 Å². The smallest absolute Gasteiger partial charge is 0.324 e. The number of carbonyl (C=O) groups is 1. The SMILES string of the molecule is O=C(CC(c1cc2ccccc2n2nnnc12)C(P(=O)(O)O)P(=O)(O)O)c1cccs1. The summed E-state index contributed by atoms with van der Waals surface area (Å²) in [4.78, 5) is 52.6. The molecule has 3 aromatic heterocycles. The van der Waals surface area contributed by atoms with Crippen LogP contribution in [0.25, 0.3) is 16.6 Å². The number of para-hydroxylation sites is 1. The predicted octanol–water partition coefficient (Wildman–Crippen LogP) is 2.38. The molecule has 3 heterocycles. The number of benzene rings is 1. The molecule has 0 spiro atoms. The van der Waals surface area contributed by atoms with E-state index in [0.717, 1.165) is 11.3 Å². The molecule has 0 amide bonds. The molecule has 1 unspecified atom stereocenters. The summed E-state index contributed by atoms with van der Waals surface area (Å²) < 4.78 is 25.8. The first kappa shape index (κ1) is 21.9. The van der Waals surface area contributed by atoms with Gasteiger partial charge in [-0.2, -0.15) is 4.52 Å². The van der Waals surface area contributed by atoms with Crippen LogP contribution in [0.3, 0.4) is 0 Å². The first-order chi connectivity index (χ1) is 14.6. The summed E-state index contributed by atoms with van der Waals surface area (Å²) in [5, 5.41) is 11.2. The monoisotopic (exact) mass is 482 g/mol. The highest BCUT2D eigenvalue weighted by Gasteiger charge is 2.50. The summed E-state index contributed by atoms with van der Waals surface area (Å²) in [6.07, 6.45) is -0.553. The highest BCUT2D eigenvalue weighted by Crippen LogP contribution is 2.65. The van der Waals surface area contributed by atoms with Crippen molar-refractivity contribution in [2.75, 3.05) is 0 Å². The van der Waals surface area contributed by atoms with E-state index in [-0.39, 0.29) is 11.2 Å². The van der Waals surface area contributed by atoms with E-state index >= 15 is 0 Å². The summed E-state index contributed by atoms with van der Waals surface area (Å²) in [6, 6.07) is 11.5. The molecule has 4 N–H and O–H groups in total. The van der Waals surface area contributed by atoms with Gasteiger partial charge in [-0.05, 0) is 34.0 Å². The minimum absolute atomic E-state index is 0.0505. The lowest BCUT2D eigenvalue weighted by Gasteiger charge is -2.28. The van der Waals surface area contributed by atoms with Gasteiger partial charge in [-0.1, -0.05) is 24.3 Å². The summed E-state index contributed by atoms with van der Waals surface area (Å²) in [6.45, 7) is 0. The molecule has 11 nitrogen and oxygen atoms in total. The average Bonchev–Trinajstić information content (AvgIpc) is 3.36. The third-order valence-corrected chi connectivity index (χ3v) is 9.67. The quantitative estimate of drug-likeness (QED) is 0.226. The molecule has 0 bridgehead atoms. The van der Waals surface area contributed by atoms with E-state index in [9.17, 15) is 33.5 Å². The van der Waals surface area contributed by atoms with Crippen LogP contribution in [0.1, 0.15) is 27.6 Å². The second kappa shape index (κ2) is 7.99. The fourth-order valence-corrected chi connectivity index (χ4v) is 7.33. The normalized spacial score (nSPS) is 13.8. The predicted molar refractivity (Wildman–Crippen MR) is 112 cm³/mol. The largest absolute Gasteiger partial charge is 0.341 e. The first-order valence-electron chi connectivity index (χ1n) is 8.84. The van der Waals surface area contributed by atoms with Crippen LogP contribution in [0.4, 0.5) is 0 Å². The van der Waals surface area contributed by atoms with Gasteiger partial charge in [0.25, 0.3) is 0 Å². The number of Topliss-reactive ketones (excluding diaryl/α,β-unsaturated/α-hetero) is 1. The van der Waals surface area contributed by atoms with Crippen LogP contribution in [0.15, 0.2) is 47.8 Å². The van der Waals surface area contributed by atoms with E-state index in [1.807, 2.05) is 0 Å². The van der Waals surface area contributed by atoms with E-state index in [1.54, 1.807) is 35.7 Å². The minimum atomic E-state index is -5.36. The molecule has 0 aliphatic heterocycles. The Hall–Kier alpha value is -2.30. The molecule has 0 aliphatic carbocycles. The number of fused-ring (bicyclic) bond motifs is 3. The van der Waals surface area contributed by atoms with Crippen LogP contribution in [0, 0.1) is 0 Å². The fraction of sp³-hybridized carbons (Fsp3) is 0.176. The maximum atomic E-state index is 12.8. The number of pyridine rings is 1. The Morgan fingerprint density at radius 1 is 1.06 bits per heavy atom. The van der Waals surface area contributed by atoms with Gasteiger partial charge in [0.2, 0.25) is 0 Å². The maximum absolute atomic E-state index is 12.8. The van der Waals surface area contributed by atoms with Gasteiger partial charge >= 0.3 is 15.2 Å². The first-order valence-corrected chi connectivity index (χ1v) is 13.1. The van der Waals surface area contributed by atoms with Gasteiger partial charge < -0.3 is 19.6 Å². The van der Waals surface area contributed by atoms with Crippen LogP contribution >= 0.6 is 26.5 Å². The second-order valence-corrected chi connectivity index (χ2v) is 11.7. The summed E-state index contributed by atoms with van der Waals surface area (Å²) >= 11 is 1.12. The lowest BCUT2D eigenvalue weighted by atomic mass is 9.94. The number of thiophene rings is 1. The number of nitrogens with zero attached hydrogens (tertiary/aromatic N) is 4. The second-order valence-electron chi connectivity index (χ2n) is 6.88. The van der Waals surface area contributed by atoms with Crippen molar-refractivity contribution in [3.8, 4) is 0 Å². The van der Waals surface area contributed by atoms with Gasteiger partial charge in [0.1, 0.15) is 0 Å². The van der Waals surface area contributed by atoms with Crippen LogP contribution in [-0.2, 0) is 9.13 Å². The zero-order valence-corrected chi connectivity index (χ0v) is 18.2. The molecule has 0 saturated carbocycles. The highest BCUT2D eigenvalue weighted by atomic mass is 32.1. The van der Waals surface area contributed by atoms with Crippen molar-refractivity contribution in [3.63, 3.8) is 0 Å². The molecule has 31 heavy (non-hydrogen) atoms. The molecule has 0 radical (unpaired) electrons. The van der Waals surface area contributed by atoms with Crippen molar-refractivity contribution in [2.24, 2.45) is 0 Å². The van der Waals surface area contributed by atoms with Crippen molar-refractivity contribution in [1.29, 1.82) is 0 Å². The molecule has 0 fully saturated rings. The molecule has 14 heteroatoms. The lowest BCUT2D eigenvalue weighted by molar-refractivity contribution is 0.0978. The molecular formula is C17H16N4O7P2S. The Balaban J connectivity index is 1.98. The van der Waals surface area contributed by atoms with Gasteiger partial charge in [0, 0.05) is 23.3 Å². The zero-order valence-electron chi connectivity index (χ0n) is 15.6. The van der Waals surface area contributed by atoms with Crippen LogP contribution in [0.5, 0.6) is 0 Å². The topological polar surface area (TPSA) is 175 Å². The Morgan fingerprint density at radius 2 is 1.77 bits per heavy atom. The van der Waals surface area contributed by atoms with Crippen LogP contribution in [0.2, 0.25) is 0 Å². The van der Waals surface area contributed by atoms with Gasteiger partial charge in [-0.25, -0.2) is 0 Å². The van der Waals surface area contributed by atoms with E-state index in [1.165, 1.54) is 16.6 Å². The molecule has 4 aromatic rings. The van der Waals surface area contributed by atoms with E-state index < -0.39 is 38.7 Å². The van der Waals surface area contributed by atoms with Crippen molar-refractivity contribution < 1.29 is 33.5 Å². The Labute approximate surface area is 178 Å². The Bertz CT molecular complexity index is 1340. The molecule has 0 saturated heterocycles. The summed E-state index contributed by atoms with van der Waals surface area (Å²) in [5.74, 6) is -2.06. The van der Waals surface area contributed by atoms with Crippen molar-refractivity contribution in [3.05, 3.63) is 58.3 Å². The number of hydrogen-bond acceptors (Lipinski definition) is 7. The standard InChI is InChI=1S/C17H16N4O7P2S/c22-14(15-6-3-7-31-15)9-12(17(29(23,24)25)30(26,27)28)11-8-10-4-1-2-5-13(10)21-16(11)18-19-20-21/h1-8,12,17H,9H2,(H2,23,24,25)(H2,26,27,28). The number of aromatic nitrogens is 4. The molecule has 1 aromatic carbocycles. The van der Waals surface area contributed by atoms with Gasteiger partial charge in [-0.15, -0.1) is 16.4 Å². The molecular weight excluding hydrogens is 466 g/mol. The molecule has 0 aliphatic rings. The summed E-state index contributed by atoms with van der Waals surface area (Å²) in [5.41, 5.74) is 0.693. The van der Waals surface area contributed by atoms with Crippen molar-refractivity contribution in [2.45, 2.75) is 17.7 Å². The van der Waals surface area contributed by atoms with Crippen molar-refractivity contribution in [1.82, 2.24) is 20.0 Å². The van der Waals surface area contributed by atoms with E-state index in [4.69, 9.17) is 0 Å². The molecule has 162 valence electrons. The van der Waals surface area contributed by atoms with Crippen LogP contribution < -0.4 is 0 Å². The van der Waals surface area contributed by atoms with E-state index in [0.29, 0.717) is 15.8 Å². The van der Waals surface area contributed by atoms with Gasteiger partial charge in [-0.3, -0.25) is 13.9 Å². The fourth-order valence-electron chi connectivity index (χ4n) is 3.62. The molecule has 4 rings (SSSR count). The Kier molecular flexibility index (Phi) is 5.65. The van der Waals surface area contributed by atoms with Gasteiger partial charge in [0.15, 0.2) is 16.8 Å². The third-order valence-electron chi connectivity index (χ3n) is 4.85.